The van der Waals surface area contributed by atoms with Crippen LogP contribution in [-0.4, -0.2) is 16.8 Å². The number of hydrogen-bond donors (Lipinski definition) is 1. The fraction of sp³-hybridized carbons (Fsp3) is 0.154. The number of benzene rings is 1. The van der Waals surface area contributed by atoms with E-state index in [-0.39, 0.29) is 10.4 Å². The third kappa shape index (κ3) is 3.54. The molecule has 19 heavy (non-hydrogen) atoms. The molecule has 1 aromatic carbocycles. The van der Waals surface area contributed by atoms with E-state index in [1.807, 2.05) is 0 Å². The summed E-state index contributed by atoms with van der Waals surface area (Å²) in [6.07, 6.45) is 0. The Hall–Kier alpha value is -1.40. The monoisotopic (exact) mass is 300 g/mol. The number of carbonyl (C=O) groups is 1. The predicted octanol–water partition coefficient (Wildman–Crippen LogP) is 4.33. The second-order valence-electron chi connectivity index (χ2n) is 3.81. The van der Waals surface area contributed by atoms with Crippen LogP contribution in [0.15, 0.2) is 46.7 Å². The highest BCUT2D eigenvalue weighted by atomic mass is 32.2. The minimum absolute atomic E-state index is 0.0313. The van der Waals surface area contributed by atoms with Gasteiger partial charge in [0.1, 0.15) is 4.88 Å². The van der Waals surface area contributed by atoms with Gasteiger partial charge in [-0.15, -0.1) is 23.1 Å². The van der Waals surface area contributed by atoms with Crippen molar-refractivity contribution in [1.82, 2.24) is 0 Å². The fourth-order valence-electron chi connectivity index (χ4n) is 1.45. The highest BCUT2D eigenvalue weighted by molar-refractivity contribution is 7.99. The lowest BCUT2D eigenvalue weighted by atomic mass is 10.1. The zero-order valence-corrected chi connectivity index (χ0v) is 11.3. The molecule has 0 saturated carbocycles. The van der Waals surface area contributed by atoms with Crippen LogP contribution in [0.5, 0.6) is 0 Å². The van der Waals surface area contributed by atoms with E-state index in [4.69, 9.17) is 5.11 Å². The van der Waals surface area contributed by atoms with Crippen LogP contribution in [0, 0.1) is 0 Å². The summed E-state index contributed by atoms with van der Waals surface area (Å²) in [4.78, 5) is 11.4. The van der Waals surface area contributed by atoms with E-state index >= 15 is 0 Å². The Morgan fingerprint density at radius 3 is 2.58 bits per heavy atom. The van der Waals surface area contributed by atoms with E-state index in [9.17, 15) is 13.6 Å². The molecule has 0 aliphatic heterocycles. The zero-order valence-electron chi connectivity index (χ0n) is 9.68. The molecule has 100 valence electrons. The minimum Gasteiger partial charge on any atom is -0.477 e. The third-order valence-corrected chi connectivity index (χ3v) is 4.55. The van der Waals surface area contributed by atoms with Crippen LogP contribution in [0.25, 0.3) is 0 Å². The first-order valence-corrected chi connectivity index (χ1v) is 7.23. The maximum atomic E-state index is 13.9. The molecule has 2 aromatic rings. The summed E-state index contributed by atoms with van der Waals surface area (Å²) in [5.41, 5.74) is -0.0313. The molecule has 1 heterocycles. The molecule has 0 saturated heterocycles. The Labute approximate surface area is 117 Å². The van der Waals surface area contributed by atoms with Crippen molar-refractivity contribution in [3.63, 3.8) is 0 Å². The molecule has 0 spiro atoms. The number of halogens is 2. The smallest absolute Gasteiger partial charge is 0.345 e. The topological polar surface area (TPSA) is 37.3 Å². The second kappa shape index (κ2) is 5.71. The Morgan fingerprint density at radius 1 is 1.32 bits per heavy atom. The van der Waals surface area contributed by atoms with Crippen LogP contribution in [0.3, 0.4) is 0 Å². The van der Waals surface area contributed by atoms with Crippen LogP contribution in [0.4, 0.5) is 8.78 Å². The number of rotatable bonds is 5. The maximum Gasteiger partial charge on any atom is 0.345 e. The number of alkyl halides is 2. The van der Waals surface area contributed by atoms with Gasteiger partial charge in [0.2, 0.25) is 0 Å². The van der Waals surface area contributed by atoms with Crippen molar-refractivity contribution in [2.45, 2.75) is 10.8 Å². The Kier molecular flexibility index (Phi) is 4.21. The molecular formula is C13H10F2O2S2. The van der Waals surface area contributed by atoms with Crippen molar-refractivity contribution in [2.24, 2.45) is 0 Å². The van der Waals surface area contributed by atoms with Crippen molar-refractivity contribution in [3.8, 4) is 0 Å². The number of thiophene rings is 1. The van der Waals surface area contributed by atoms with Crippen LogP contribution in [-0.2, 0) is 5.92 Å². The first kappa shape index (κ1) is 14.0. The number of aromatic carboxylic acids is 1. The van der Waals surface area contributed by atoms with Gasteiger partial charge in [-0.1, -0.05) is 30.3 Å². The molecular weight excluding hydrogens is 290 g/mol. The molecule has 2 rings (SSSR count). The summed E-state index contributed by atoms with van der Waals surface area (Å²) in [5.74, 6) is -4.38. The van der Waals surface area contributed by atoms with Crippen LogP contribution < -0.4 is 0 Å². The quantitative estimate of drug-likeness (QED) is 0.835. The van der Waals surface area contributed by atoms with Crippen molar-refractivity contribution in [1.29, 1.82) is 0 Å². The summed E-state index contributed by atoms with van der Waals surface area (Å²) in [6.45, 7) is 0. The zero-order chi connectivity index (χ0) is 13.9. The SMILES string of the molecule is O=C(O)c1cc(SCC(F)(F)c2ccccc2)cs1. The first-order chi connectivity index (χ1) is 8.99. The number of carboxylic acid groups (broad SMARTS) is 1. The van der Waals surface area contributed by atoms with Crippen LogP contribution in [0.2, 0.25) is 0 Å². The molecule has 1 N–H and O–H groups in total. The summed E-state index contributed by atoms with van der Waals surface area (Å²) >= 11 is 2.00. The van der Waals surface area contributed by atoms with Crippen LogP contribution in [0.1, 0.15) is 15.2 Å². The first-order valence-electron chi connectivity index (χ1n) is 5.37. The van der Waals surface area contributed by atoms with Gasteiger partial charge in [-0.3, -0.25) is 0 Å². The highest BCUT2D eigenvalue weighted by Gasteiger charge is 2.31. The molecule has 0 fully saturated rings. The van der Waals surface area contributed by atoms with Gasteiger partial charge in [0.05, 0.1) is 5.75 Å². The lowest BCUT2D eigenvalue weighted by Gasteiger charge is -2.15. The Morgan fingerprint density at radius 2 is 2.00 bits per heavy atom. The van der Waals surface area contributed by atoms with E-state index in [0.29, 0.717) is 4.90 Å². The molecule has 0 aliphatic rings. The van der Waals surface area contributed by atoms with E-state index in [2.05, 4.69) is 0 Å². The van der Waals surface area contributed by atoms with Crippen molar-refractivity contribution in [2.75, 3.05) is 5.75 Å². The van der Waals surface area contributed by atoms with Gasteiger partial charge in [-0.2, -0.15) is 0 Å². The lowest BCUT2D eigenvalue weighted by Crippen LogP contribution is -2.16. The van der Waals surface area contributed by atoms with Crippen molar-refractivity contribution in [3.05, 3.63) is 52.2 Å². The summed E-state index contributed by atoms with van der Waals surface area (Å²) in [6, 6.07) is 9.01. The molecule has 1 aromatic heterocycles. The molecule has 2 nitrogen and oxygen atoms in total. The summed E-state index contributed by atoms with van der Waals surface area (Å²) in [7, 11) is 0. The van der Waals surface area contributed by atoms with E-state index in [1.165, 1.54) is 18.2 Å². The van der Waals surface area contributed by atoms with Gasteiger partial charge in [-0.05, 0) is 6.07 Å². The second-order valence-corrected chi connectivity index (χ2v) is 5.77. The molecule has 0 amide bonds. The van der Waals surface area contributed by atoms with Gasteiger partial charge in [0, 0.05) is 15.8 Å². The van der Waals surface area contributed by atoms with E-state index in [1.54, 1.807) is 23.6 Å². The van der Waals surface area contributed by atoms with Gasteiger partial charge < -0.3 is 5.11 Å². The van der Waals surface area contributed by atoms with E-state index in [0.717, 1.165) is 23.1 Å². The van der Waals surface area contributed by atoms with Crippen molar-refractivity contribution < 1.29 is 18.7 Å². The average Bonchev–Trinajstić information content (AvgIpc) is 2.87. The molecule has 0 radical (unpaired) electrons. The van der Waals surface area contributed by atoms with Crippen LogP contribution >= 0.6 is 23.1 Å². The standard InChI is InChI=1S/C13H10F2O2S2/c14-13(15,9-4-2-1-3-5-9)8-19-10-6-11(12(16)17)18-7-10/h1-7H,8H2,(H,16,17). The third-order valence-electron chi connectivity index (χ3n) is 2.40. The van der Waals surface area contributed by atoms with Gasteiger partial charge in [0.25, 0.3) is 5.92 Å². The Bertz CT molecular complexity index is 567. The Balaban J connectivity index is 2.03. The number of hydrogen-bond acceptors (Lipinski definition) is 3. The normalized spacial score (nSPS) is 11.5. The molecule has 6 heteroatoms. The van der Waals surface area contributed by atoms with Gasteiger partial charge in [0.15, 0.2) is 0 Å². The van der Waals surface area contributed by atoms with Crippen molar-refractivity contribution >= 4 is 29.1 Å². The average molecular weight is 300 g/mol. The number of thioether (sulfide) groups is 1. The van der Waals surface area contributed by atoms with E-state index < -0.39 is 17.6 Å². The molecule has 0 unspecified atom stereocenters. The largest absolute Gasteiger partial charge is 0.477 e. The molecule has 0 bridgehead atoms. The highest BCUT2D eigenvalue weighted by Crippen LogP contribution is 2.35. The summed E-state index contributed by atoms with van der Waals surface area (Å²) in [5, 5.41) is 10.3. The van der Waals surface area contributed by atoms with Gasteiger partial charge >= 0.3 is 5.97 Å². The molecule has 0 aliphatic carbocycles. The lowest BCUT2D eigenvalue weighted by molar-refractivity contribution is 0.0231. The minimum atomic E-state index is -2.93. The summed E-state index contributed by atoms with van der Waals surface area (Å²) < 4.78 is 27.7. The predicted molar refractivity (Wildman–Crippen MR) is 72.3 cm³/mol. The van der Waals surface area contributed by atoms with Gasteiger partial charge in [-0.25, -0.2) is 13.6 Å². The molecule has 0 atom stereocenters. The fourth-order valence-corrected chi connectivity index (χ4v) is 3.26. The number of carboxylic acids is 1. The maximum absolute atomic E-state index is 13.9.